The normalized spacial score (nSPS) is 10.4. The van der Waals surface area contributed by atoms with Gasteiger partial charge in [-0.2, -0.15) is 4.98 Å². The zero-order valence-electron chi connectivity index (χ0n) is 13.0. The first-order chi connectivity index (χ1) is 11.1. The maximum Gasteiger partial charge on any atom is 0.231 e. The number of rotatable bonds is 4. The molecule has 1 N–H and O–H groups in total. The van der Waals surface area contributed by atoms with E-state index in [1.165, 1.54) is 0 Å². The van der Waals surface area contributed by atoms with Gasteiger partial charge in [-0.1, -0.05) is 41.9 Å². The van der Waals surface area contributed by atoms with Gasteiger partial charge in [0.2, 0.25) is 5.95 Å². The standard InChI is InChI=1S/C18H17ClN4/c1-13-12-17(21-16-11-7-6-10-15(16)19)22-18(20-13)23(2)14-8-4-3-5-9-14/h3-12H,1-2H3,(H,20,21,22). The van der Waals surface area contributed by atoms with Crippen LogP contribution in [0.15, 0.2) is 60.7 Å². The number of hydrogen-bond donors (Lipinski definition) is 1. The van der Waals surface area contributed by atoms with Gasteiger partial charge in [-0.15, -0.1) is 0 Å². The van der Waals surface area contributed by atoms with Crippen LogP contribution in [0.1, 0.15) is 5.69 Å². The smallest absolute Gasteiger partial charge is 0.231 e. The Morgan fingerprint density at radius 3 is 2.39 bits per heavy atom. The van der Waals surface area contributed by atoms with E-state index in [2.05, 4.69) is 15.3 Å². The Labute approximate surface area is 140 Å². The Balaban J connectivity index is 1.92. The van der Waals surface area contributed by atoms with Gasteiger partial charge in [-0.05, 0) is 31.2 Å². The van der Waals surface area contributed by atoms with Crippen molar-refractivity contribution in [3.8, 4) is 0 Å². The Bertz CT molecular complexity index is 805. The highest BCUT2D eigenvalue weighted by Gasteiger charge is 2.10. The summed E-state index contributed by atoms with van der Waals surface area (Å²) in [6.45, 7) is 1.95. The molecule has 0 aliphatic carbocycles. The summed E-state index contributed by atoms with van der Waals surface area (Å²) in [4.78, 5) is 11.1. The van der Waals surface area contributed by atoms with Gasteiger partial charge in [0, 0.05) is 24.5 Å². The maximum absolute atomic E-state index is 6.20. The first-order valence-electron chi connectivity index (χ1n) is 7.29. The van der Waals surface area contributed by atoms with E-state index in [0.29, 0.717) is 16.8 Å². The fourth-order valence-corrected chi connectivity index (χ4v) is 2.42. The largest absolute Gasteiger partial charge is 0.339 e. The second kappa shape index (κ2) is 6.67. The van der Waals surface area contributed by atoms with Crippen LogP contribution in [0.3, 0.4) is 0 Å². The minimum atomic E-state index is 0.630. The highest BCUT2D eigenvalue weighted by atomic mass is 35.5. The summed E-state index contributed by atoms with van der Waals surface area (Å²) in [6, 6.07) is 19.5. The molecule has 0 unspecified atom stereocenters. The minimum absolute atomic E-state index is 0.630. The third-order valence-corrected chi connectivity index (χ3v) is 3.75. The van der Waals surface area contributed by atoms with E-state index in [1.807, 2.05) is 79.5 Å². The second-order valence-corrected chi connectivity index (χ2v) is 5.60. The lowest BCUT2D eigenvalue weighted by Gasteiger charge is -2.18. The van der Waals surface area contributed by atoms with Crippen molar-refractivity contribution in [1.82, 2.24) is 9.97 Å². The maximum atomic E-state index is 6.20. The number of para-hydroxylation sites is 2. The van der Waals surface area contributed by atoms with Crippen LogP contribution in [0.2, 0.25) is 5.02 Å². The molecule has 0 saturated carbocycles. The van der Waals surface area contributed by atoms with Crippen LogP contribution in [0.5, 0.6) is 0 Å². The van der Waals surface area contributed by atoms with E-state index < -0.39 is 0 Å². The van der Waals surface area contributed by atoms with Gasteiger partial charge in [0.05, 0.1) is 10.7 Å². The monoisotopic (exact) mass is 324 g/mol. The molecular weight excluding hydrogens is 308 g/mol. The van der Waals surface area contributed by atoms with Gasteiger partial charge < -0.3 is 10.2 Å². The molecule has 0 aliphatic rings. The molecular formula is C18H17ClN4. The highest BCUT2D eigenvalue weighted by molar-refractivity contribution is 6.33. The van der Waals surface area contributed by atoms with Crippen molar-refractivity contribution in [3.05, 3.63) is 71.4 Å². The van der Waals surface area contributed by atoms with Crippen LogP contribution in [-0.2, 0) is 0 Å². The molecule has 23 heavy (non-hydrogen) atoms. The van der Waals surface area contributed by atoms with Gasteiger partial charge in [0.25, 0.3) is 0 Å². The average Bonchev–Trinajstić information content (AvgIpc) is 2.56. The molecule has 0 saturated heterocycles. The van der Waals surface area contributed by atoms with E-state index in [9.17, 15) is 0 Å². The van der Waals surface area contributed by atoms with Gasteiger partial charge in [-0.25, -0.2) is 4.98 Å². The molecule has 0 amide bonds. The molecule has 116 valence electrons. The fourth-order valence-electron chi connectivity index (χ4n) is 2.23. The van der Waals surface area contributed by atoms with Gasteiger partial charge in [0.15, 0.2) is 0 Å². The number of nitrogens with zero attached hydrogens (tertiary/aromatic N) is 3. The molecule has 3 aromatic rings. The average molecular weight is 325 g/mol. The third kappa shape index (κ3) is 3.60. The summed E-state index contributed by atoms with van der Waals surface area (Å²) < 4.78 is 0. The zero-order valence-corrected chi connectivity index (χ0v) is 13.7. The molecule has 0 radical (unpaired) electrons. The van der Waals surface area contributed by atoms with Crippen LogP contribution in [0.25, 0.3) is 0 Å². The Morgan fingerprint density at radius 2 is 1.65 bits per heavy atom. The summed E-state index contributed by atoms with van der Waals surface area (Å²) in [5, 5.41) is 3.90. The van der Waals surface area contributed by atoms with E-state index in [4.69, 9.17) is 11.6 Å². The number of hydrogen-bond acceptors (Lipinski definition) is 4. The van der Waals surface area contributed by atoms with Crippen molar-refractivity contribution < 1.29 is 0 Å². The quantitative estimate of drug-likeness (QED) is 0.737. The van der Waals surface area contributed by atoms with E-state index in [0.717, 1.165) is 17.1 Å². The van der Waals surface area contributed by atoms with E-state index >= 15 is 0 Å². The van der Waals surface area contributed by atoms with Crippen LogP contribution in [-0.4, -0.2) is 17.0 Å². The molecule has 0 aliphatic heterocycles. The number of aromatic nitrogens is 2. The number of halogens is 1. The molecule has 3 rings (SSSR count). The summed E-state index contributed by atoms with van der Waals surface area (Å²) in [5.41, 5.74) is 2.73. The topological polar surface area (TPSA) is 41.1 Å². The van der Waals surface area contributed by atoms with Crippen LogP contribution in [0, 0.1) is 6.92 Å². The summed E-state index contributed by atoms with van der Waals surface area (Å²) >= 11 is 6.20. The van der Waals surface area contributed by atoms with Crippen molar-refractivity contribution in [2.45, 2.75) is 6.92 Å². The summed E-state index contributed by atoms with van der Waals surface area (Å²) in [7, 11) is 1.95. The Kier molecular flexibility index (Phi) is 4.44. The molecule has 0 atom stereocenters. The highest BCUT2D eigenvalue weighted by Crippen LogP contribution is 2.26. The lowest BCUT2D eigenvalue weighted by Crippen LogP contribution is -2.14. The van der Waals surface area contributed by atoms with Gasteiger partial charge >= 0.3 is 0 Å². The van der Waals surface area contributed by atoms with E-state index in [-0.39, 0.29) is 0 Å². The fraction of sp³-hybridized carbons (Fsp3) is 0.111. The molecule has 2 aromatic carbocycles. The van der Waals surface area contributed by atoms with Crippen LogP contribution in [0.4, 0.5) is 23.1 Å². The predicted molar refractivity (Wildman–Crippen MR) is 96.0 cm³/mol. The number of benzene rings is 2. The molecule has 0 fully saturated rings. The zero-order chi connectivity index (χ0) is 16.2. The molecule has 0 bridgehead atoms. The van der Waals surface area contributed by atoms with Crippen molar-refractivity contribution in [1.29, 1.82) is 0 Å². The van der Waals surface area contributed by atoms with Crippen LogP contribution < -0.4 is 10.2 Å². The van der Waals surface area contributed by atoms with Crippen molar-refractivity contribution >= 4 is 34.7 Å². The Hall–Kier alpha value is -2.59. The SMILES string of the molecule is Cc1cc(Nc2ccccc2Cl)nc(N(C)c2ccccc2)n1. The number of aryl methyl sites for hydroxylation is 1. The number of nitrogens with one attached hydrogen (secondary N) is 1. The lowest BCUT2D eigenvalue weighted by molar-refractivity contribution is 1.02. The van der Waals surface area contributed by atoms with Crippen molar-refractivity contribution in [2.24, 2.45) is 0 Å². The first-order valence-corrected chi connectivity index (χ1v) is 7.67. The first kappa shape index (κ1) is 15.3. The second-order valence-electron chi connectivity index (χ2n) is 5.19. The molecule has 4 nitrogen and oxygen atoms in total. The van der Waals surface area contributed by atoms with Gasteiger partial charge in [-0.3, -0.25) is 0 Å². The molecule has 0 spiro atoms. The van der Waals surface area contributed by atoms with Crippen molar-refractivity contribution in [3.63, 3.8) is 0 Å². The van der Waals surface area contributed by atoms with E-state index in [1.54, 1.807) is 0 Å². The molecule has 1 aromatic heterocycles. The van der Waals surface area contributed by atoms with Crippen LogP contribution >= 0.6 is 11.6 Å². The predicted octanol–water partition coefficient (Wildman–Crippen LogP) is 4.95. The lowest BCUT2D eigenvalue weighted by atomic mass is 10.3. The minimum Gasteiger partial charge on any atom is -0.339 e. The van der Waals surface area contributed by atoms with Gasteiger partial charge in [0.1, 0.15) is 5.82 Å². The molecule has 5 heteroatoms. The summed E-state index contributed by atoms with van der Waals surface area (Å²) in [6.07, 6.45) is 0. The Morgan fingerprint density at radius 1 is 0.957 bits per heavy atom. The number of anilines is 4. The summed E-state index contributed by atoms with van der Waals surface area (Å²) in [5.74, 6) is 1.34. The third-order valence-electron chi connectivity index (χ3n) is 3.42. The molecule has 1 heterocycles. The van der Waals surface area contributed by atoms with Crippen molar-refractivity contribution in [2.75, 3.05) is 17.3 Å².